The molecule has 30 heavy (non-hydrogen) atoms. The zero-order valence-electron chi connectivity index (χ0n) is 16.5. The van der Waals surface area contributed by atoms with Gasteiger partial charge in [-0.05, 0) is 49.7 Å². The second-order valence-corrected chi connectivity index (χ2v) is 8.54. The van der Waals surface area contributed by atoms with Crippen molar-refractivity contribution in [1.82, 2.24) is 19.7 Å². The van der Waals surface area contributed by atoms with E-state index >= 15 is 0 Å². The topological polar surface area (TPSA) is 60.7 Å². The Bertz CT molecular complexity index is 1190. The number of aryl methyl sites for hydroxylation is 1. The highest BCUT2D eigenvalue weighted by molar-refractivity contribution is 8.00. The fraction of sp³-hybridized carbons (Fsp3) is 0.130. The summed E-state index contributed by atoms with van der Waals surface area (Å²) in [6.07, 6.45) is 3.45. The van der Waals surface area contributed by atoms with E-state index in [1.165, 1.54) is 11.8 Å². The highest BCUT2D eigenvalue weighted by Gasteiger charge is 2.23. The number of nitrogens with zero attached hydrogens (tertiary/aromatic N) is 4. The van der Waals surface area contributed by atoms with E-state index in [4.69, 9.17) is 11.6 Å². The maximum Gasteiger partial charge on any atom is 0.196 e. The second kappa shape index (κ2) is 8.81. The van der Waals surface area contributed by atoms with E-state index in [0.717, 1.165) is 16.8 Å². The van der Waals surface area contributed by atoms with E-state index in [1.807, 2.05) is 54.8 Å². The van der Waals surface area contributed by atoms with E-state index in [9.17, 15) is 4.79 Å². The first-order valence-electron chi connectivity index (χ1n) is 9.43. The zero-order valence-corrected chi connectivity index (χ0v) is 18.1. The van der Waals surface area contributed by atoms with Gasteiger partial charge in [-0.2, -0.15) is 0 Å². The average Bonchev–Trinajstić information content (AvgIpc) is 3.17. The number of carbonyl (C=O) groups excluding carboxylic acids is 1. The van der Waals surface area contributed by atoms with Crippen molar-refractivity contribution in [3.8, 4) is 17.1 Å². The van der Waals surface area contributed by atoms with Crippen LogP contribution in [0.5, 0.6) is 0 Å². The molecule has 0 saturated carbocycles. The van der Waals surface area contributed by atoms with Crippen LogP contribution in [0.1, 0.15) is 22.8 Å². The molecule has 0 aliphatic rings. The Kier molecular flexibility index (Phi) is 5.97. The SMILES string of the molecule is Cc1ccccc1-n1c(S[C@H](C)C(=O)c2cccc(Cl)c2)nnc1-c1ccncc1. The van der Waals surface area contributed by atoms with Gasteiger partial charge < -0.3 is 0 Å². The Labute approximate surface area is 184 Å². The molecule has 0 amide bonds. The number of pyridine rings is 1. The fourth-order valence-electron chi connectivity index (χ4n) is 3.15. The maximum absolute atomic E-state index is 12.9. The van der Waals surface area contributed by atoms with Crippen LogP contribution >= 0.6 is 23.4 Å². The van der Waals surface area contributed by atoms with Crippen molar-refractivity contribution in [3.63, 3.8) is 0 Å². The first-order valence-corrected chi connectivity index (χ1v) is 10.7. The van der Waals surface area contributed by atoms with Gasteiger partial charge in [0.05, 0.1) is 10.9 Å². The number of aromatic nitrogens is 4. The maximum atomic E-state index is 12.9. The zero-order chi connectivity index (χ0) is 21.1. The van der Waals surface area contributed by atoms with Crippen LogP contribution < -0.4 is 0 Å². The quantitative estimate of drug-likeness (QED) is 0.289. The Balaban J connectivity index is 1.74. The summed E-state index contributed by atoms with van der Waals surface area (Å²) < 4.78 is 2.00. The van der Waals surface area contributed by atoms with Gasteiger partial charge in [-0.15, -0.1) is 10.2 Å². The van der Waals surface area contributed by atoms with Crippen LogP contribution in [0.3, 0.4) is 0 Å². The lowest BCUT2D eigenvalue weighted by molar-refractivity contribution is 0.0994. The number of Topliss-reactive ketones (excluding diaryl/α,β-unsaturated/α-hetero) is 1. The van der Waals surface area contributed by atoms with Crippen molar-refractivity contribution < 1.29 is 4.79 Å². The Morgan fingerprint density at radius 2 is 1.80 bits per heavy atom. The van der Waals surface area contributed by atoms with Crippen molar-refractivity contribution in [1.29, 1.82) is 0 Å². The van der Waals surface area contributed by atoms with Crippen LogP contribution in [0.15, 0.2) is 78.2 Å². The summed E-state index contributed by atoms with van der Waals surface area (Å²) in [5.41, 5.74) is 3.54. The lowest BCUT2D eigenvalue weighted by atomic mass is 10.1. The summed E-state index contributed by atoms with van der Waals surface area (Å²) in [7, 11) is 0. The minimum Gasteiger partial charge on any atom is -0.293 e. The highest BCUT2D eigenvalue weighted by atomic mass is 35.5. The number of ketones is 1. The van der Waals surface area contributed by atoms with Gasteiger partial charge >= 0.3 is 0 Å². The van der Waals surface area contributed by atoms with Crippen LogP contribution in [0.4, 0.5) is 0 Å². The first-order chi connectivity index (χ1) is 14.5. The molecule has 0 saturated heterocycles. The van der Waals surface area contributed by atoms with Crippen LogP contribution in [-0.4, -0.2) is 30.8 Å². The largest absolute Gasteiger partial charge is 0.293 e. The summed E-state index contributed by atoms with van der Waals surface area (Å²) in [4.78, 5) is 17.0. The molecule has 0 bridgehead atoms. The number of rotatable bonds is 6. The van der Waals surface area contributed by atoms with Crippen molar-refractivity contribution in [2.45, 2.75) is 24.3 Å². The molecule has 5 nitrogen and oxygen atoms in total. The van der Waals surface area contributed by atoms with Gasteiger partial charge in [0.2, 0.25) is 0 Å². The van der Waals surface area contributed by atoms with Gasteiger partial charge in [0.15, 0.2) is 16.8 Å². The second-order valence-electron chi connectivity index (χ2n) is 6.80. The number of benzene rings is 2. The Morgan fingerprint density at radius 3 is 2.53 bits per heavy atom. The predicted octanol–water partition coefficient (Wildman–Crippen LogP) is 5.65. The molecule has 150 valence electrons. The minimum atomic E-state index is -0.360. The molecule has 2 aromatic heterocycles. The summed E-state index contributed by atoms with van der Waals surface area (Å²) >= 11 is 7.44. The molecule has 2 heterocycles. The van der Waals surface area contributed by atoms with Crippen molar-refractivity contribution in [3.05, 3.63) is 89.2 Å². The molecule has 0 fully saturated rings. The van der Waals surface area contributed by atoms with Crippen molar-refractivity contribution >= 4 is 29.1 Å². The third-order valence-electron chi connectivity index (χ3n) is 4.69. The predicted molar refractivity (Wildman–Crippen MR) is 120 cm³/mol. The fourth-order valence-corrected chi connectivity index (χ4v) is 4.28. The average molecular weight is 435 g/mol. The van der Waals surface area contributed by atoms with Gasteiger partial charge in [0.25, 0.3) is 0 Å². The molecular formula is C23H19ClN4OS. The lowest BCUT2D eigenvalue weighted by Gasteiger charge is -2.15. The lowest BCUT2D eigenvalue weighted by Crippen LogP contribution is -2.14. The molecule has 0 spiro atoms. The van der Waals surface area contributed by atoms with Gasteiger partial charge in [-0.3, -0.25) is 14.3 Å². The summed E-state index contributed by atoms with van der Waals surface area (Å²) in [5, 5.41) is 9.69. The monoisotopic (exact) mass is 434 g/mol. The van der Waals surface area contributed by atoms with Crippen molar-refractivity contribution in [2.75, 3.05) is 0 Å². The molecule has 0 aliphatic heterocycles. The molecule has 0 aliphatic carbocycles. The van der Waals surface area contributed by atoms with Crippen LogP contribution in [0.2, 0.25) is 5.02 Å². The molecule has 2 aromatic carbocycles. The van der Waals surface area contributed by atoms with Crippen LogP contribution in [0, 0.1) is 6.92 Å². The molecule has 1 atom stereocenters. The molecule has 0 radical (unpaired) electrons. The van der Waals surface area contributed by atoms with E-state index in [-0.39, 0.29) is 11.0 Å². The summed E-state index contributed by atoms with van der Waals surface area (Å²) in [5.74, 6) is 0.698. The van der Waals surface area contributed by atoms with E-state index < -0.39 is 0 Å². The third-order valence-corrected chi connectivity index (χ3v) is 5.97. The number of para-hydroxylation sites is 1. The Morgan fingerprint density at radius 1 is 1.03 bits per heavy atom. The first kappa shape index (κ1) is 20.3. The van der Waals surface area contributed by atoms with Gasteiger partial charge in [-0.25, -0.2) is 0 Å². The number of hydrogen-bond donors (Lipinski definition) is 0. The van der Waals surface area contributed by atoms with Crippen molar-refractivity contribution in [2.24, 2.45) is 0 Å². The van der Waals surface area contributed by atoms with Crippen LogP contribution in [0.25, 0.3) is 17.1 Å². The third kappa shape index (κ3) is 4.15. The van der Waals surface area contributed by atoms with Crippen LogP contribution in [-0.2, 0) is 0 Å². The number of hydrogen-bond acceptors (Lipinski definition) is 5. The van der Waals surface area contributed by atoms with Gasteiger partial charge in [-0.1, -0.05) is 53.7 Å². The molecule has 7 heteroatoms. The van der Waals surface area contributed by atoms with E-state index in [0.29, 0.717) is 21.6 Å². The standard InChI is InChI=1S/C23H19ClN4OS/c1-15-6-3-4-9-20(15)28-22(17-10-12-25-13-11-17)26-27-23(28)30-16(2)21(29)18-7-5-8-19(24)14-18/h3-14,16H,1-2H3/t16-/m1/s1. The molecule has 4 rings (SSSR count). The molecule has 0 unspecified atom stereocenters. The Hall–Kier alpha value is -2.96. The van der Waals surface area contributed by atoms with Gasteiger partial charge in [0.1, 0.15) is 0 Å². The highest BCUT2D eigenvalue weighted by Crippen LogP contribution is 2.32. The molecular weight excluding hydrogens is 416 g/mol. The molecule has 4 aromatic rings. The number of thioether (sulfide) groups is 1. The molecule has 0 N–H and O–H groups in total. The number of carbonyl (C=O) groups is 1. The summed E-state index contributed by atoms with van der Waals surface area (Å²) in [6, 6.07) is 18.8. The smallest absolute Gasteiger partial charge is 0.196 e. The minimum absolute atomic E-state index is 0.00713. The van der Waals surface area contributed by atoms with E-state index in [2.05, 4.69) is 15.2 Å². The van der Waals surface area contributed by atoms with E-state index in [1.54, 1.807) is 36.7 Å². The van der Waals surface area contributed by atoms with Gasteiger partial charge in [0, 0.05) is 28.5 Å². The normalized spacial score (nSPS) is 12.0. The number of halogens is 1. The summed E-state index contributed by atoms with van der Waals surface area (Å²) in [6.45, 7) is 3.91.